The number of carboxylic acids is 1. The van der Waals surface area contributed by atoms with Crippen LogP contribution in [-0.4, -0.2) is 41.8 Å². The fourth-order valence-electron chi connectivity index (χ4n) is 6.74. The van der Waals surface area contributed by atoms with Crippen molar-refractivity contribution >= 4 is 18.0 Å². The molecule has 4 aliphatic rings. The van der Waals surface area contributed by atoms with Crippen LogP contribution in [0, 0.1) is 17.3 Å². The molecule has 7 heteroatoms. The monoisotopic (exact) mass is 474 g/mol. The van der Waals surface area contributed by atoms with E-state index in [-0.39, 0.29) is 42.4 Å². The number of carbonyl (C=O) groups is 3. The topological polar surface area (TPSA) is 105 Å². The number of carbonyl (C=O) groups excluding carboxylic acids is 2. The summed E-state index contributed by atoms with van der Waals surface area (Å²) < 4.78 is 5.65. The van der Waals surface area contributed by atoms with Crippen LogP contribution in [0.3, 0.4) is 0 Å². The molecule has 35 heavy (non-hydrogen) atoms. The Bertz CT molecular complexity index is 1150. The van der Waals surface area contributed by atoms with Crippen molar-refractivity contribution in [2.45, 2.75) is 56.5 Å². The van der Waals surface area contributed by atoms with Crippen LogP contribution in [-0.2, 0) is 14.3 Å². The molecule has 0 saturated heterocycles. The van der Waals surface area contributed by atoms with E-state index in [0.29, 0.717) is 19.3 Å². The minimum atomic E-state index is -0.729. The third kappa shape index (κ3) is 3.87. The lowest BCUT2D eigenvalue weighted by Gasteiger charge is -2.19. The first-order chi connectivity index (χ1) is 16.9. The second kappa shape index (κ2) is 8.40. The Labute approximate surface area is 204 Å². The normalized spacial score (nSPS) is 30.2. The Morgan fingerprint density at radius 1 is 0.886 bits per heavy atom. The molecule has 2 unspecified atom stereocenters. The number of benzene rings is 2. The molecule has 7 nitrogen and oxygen atoms in total. The highest BCUT2D eigenvalue weighted by Crippen LogP contribution is 2.63. The molecule has 3 N–H and O–H groups in total. The minimum Gasteiger partial charge on any atom is -0.481 e. The van der Waals surface area contributed by atoms with E-state index in [1.54, 1.807) is 0 Å². The Balaban J connectivity index is 0.992. The SMILES string of the molecule is O=C(NC1CCC(C(=O)N[C@@H]2C[C@H]3C[C@@]3(C(=O)O)C2)C1)OCC1c2ccccc2-c2ccccc21. The van der Waals surface area contributed by atoms with Crippen molar-refractivity contribution in [3.63, 3.8) is 0 Å². The van der Waals surface area contributed by atoms with Gasteiger partial charge in [-0.3, -0.25) is 9.59 Å². The zero-order valence-corrected chi connectivity index (χ0v) is 19.5. The zero-order valence-electron chi connectivity index (χ0n) is 19.5. The number of carboxylic acid groups (broad SMARTS) is 1. The predicted molar refractivity (Wildman–Crippen MR) is 129 cm³/mol. The molecule has 0 radical (unpaired) electrons. The fourth-order valence-corrected chi connectivity index (χ4v) is 6.74. The van der Waals surface area contributed by atoms with Gasteiger partial charge in [-0.15, -0.1) is 0 Å². The van der Waals surface area contributed by atoms with Crippen LogP contribution in [0.15, 0.2) is 48.5 Å². The second-order valence-corrected chi connectivity index (χ2v) is 10.7. The number of alkyl carbamates (subject to hydrolysis) is 1. The maximum atomic E-state index is 12.8. The van der Waals surface area contributed by atoms with Crippen molar-refractivity contribution in [2.24, 2.45) is 17.3 Å². The molecule has 2 aromatic carbocycles. The van der Waals surface area contributed by atoms with Gasteiger partial charge in [-0.1, -0.05) is 48.5 Å². The van der Waals surface area contributed by atoms with E-state index >= 15 is 0 Å². The van der Waals surface area contributed by atoms with Gasteiger partial charge in [-0.05, 0) is 66.7 Å². The molecule has 5 atom stereocenters. The summed E-state index contributed by atoms with van der Waals surface area (Å²) in [6.07, 6.45) is 3.60. The van der Waals surface area contributed by atoms with E-state index in [4.69, 9.17) is 4.74 Å². The molecule has 6 rings (SSSR count). The fraction of sp³-hybridized carbons (Fsp3) is 0.464. The summed E-state index contributed by atoms with van der Waals surface area (Å²) in [6, 6.07) is 16.3. The summed E-state index contributed by atoms with van der Waals surface area (Å²) in [4.78, 5) is 36.8. The van der Waals surface area contributed by atoms with E-state index in [0.717, 1.165) is 19.3 Å². The highest BCUT2D eigenvalue weighted by Gasteiger charge is 2.65. The van der Waals surface area contributed by atoms with E-state index < -0.39 is 17.5 Å². The van der Waals surface area contributed by atoms with Crippen molar-refractivity contribution in [1.82, 2.24) is 10.6 Å². The molecule has 4 aliphatic carbocycles. The summed E-state index contributed by atoms with van der Waals surface area (Å²) in [5, 5.41) is 15.5. The predicted octanol–water partition coefficient (Wildman–Crippen LogP) is 4.06. The molecule has 2 aromatic rings. The van der Waals surface area contributed by atoms with Crippen molar-refractivity contribution in [1.29, 1.82) is 0 Å². The van der Waals surface area contributed by atoms with Gasteiger partial charge in [0.05, 0.1) is 5.41 Å². The quantitative estimate of drug-likeness (QED) is 0.586. The largest absolute Gasteiger partial charge is 0.481 e. The second-order valence-electron chi connectivity index (χ2n) is 10.7. The number of ether oxygens (including phenoxy) is 1. The van der Waals surface area contributed by atoms with Crippen LogP contribution in [0.2, 0.25) is 0 Å². The Kier molecular flexibility index (Phi) is 5.31. The maximum Gasteiger partial charge on any atom is 0.407 e. The molecule has 3 fully saturated rings. The third-order valence-corrected chi connectivity index (χ3v) is 8.65. The average molecular weight is 475 g/mol. The number of rotatable bonds is 6. The van der Waals surface area contributed by atoms with Crippen molar-refractivity contribution in [3.8, 4) is 11.1 Å². The summed E-state index contributed by atoms with van der Waals surface area (Å²) in [5.41, 5.74) is 4.13. The Morgan fingerprint density at radius 3 is 2.23 bits per heavy atom. The van der Waals surface area contributed by atoms with Gasteiger partial charge in [0.15, 0.2) is 0 Å². The van der Waals surface area contributed by atoms with E-state index in [2.05, 4.69) is 34.9 Å². The standard InChI is InChI=1S/C28H30N2O5/c31-25(29-19-12-17-13-28(17,14-19)26(32)33)16-9-10-18(11-16)30-27(34)35-15-24-22-7-3-1-5-20(22)21-6-2-4-8-23(21)24/h1-8,16-19,24H,9-15H2,(H,29,31)(H,30,34)(H,32,33)/t16?,17-,18?,19+,28+/m0/s1. The summed E-state index contributed by atoms with van der Waals surface area (Å²) >= 11 is 0. The Morgan fingerprint density at radius 2 is 1.57 bits per heavy atom. The van der Waals surface area contributed by atoms with Crippen LogP contribution < -0.4 is 10.6 Å². The molecular formula is C28H30N2O5. The zero-order chi connectivity index (χ0) is 24.2. The van der Waals surface area contributed by atoms with Gasteiger partial charge >= 0.3 is 12.1 Å². The molecule has 0 aromatic heterocycles. The number of nitrogens with one attached hydrogen (secondary N) is 2. The van der Waals surface area contributed by atoms with Gasteiger partial charge in [0, 0.05) is 23.9 Å². The molecular weight excluding hydrogens is 444 g/mol. The van der Waals surface area contributed by atoms with E-state index in [9.17, 15) is 19.5 Å². The third-order valence-electron chi connectivity index (χ3n) is 8.65. The molecule has 2 amide bonds. The van der Waals surface area contributed by atoms with Gasteiger partial charge in [0.25, 0.3) is 0 Å². The van der Waals surface area contributed by atoms with Crippen LogP contribution in [0.1, 0.15) is 55.6 Å². The van der Waals surface area contributed by atoms with Gasteiger partial charge < -0.3 is 20.5 Å². The maximum absolute atomic E-state index is 12.8. The lowest BCUT2D eigenvalue weighted by molar-refractivity contribution is -0.144. The number of hydrogen-bond donors (Lipinski definition) is 3. The number of hydrogen-bond acceptors (Lipinski definition) is 4. The van der Waals surface area contributed by atoms with Crippen LogP contribution in [0.5, 0.6) is 0 Å². The van der Waals surface area contributed by atoms with Gasteiger partial charge in [0.1, 0.15) is 6.61 Å². The summed E-state index contributed by atoms with van der Waals surface area (Å²) in [7, 11) is 0. The molecule has 0 heterocycles. The Hall–Kier alpha value is -3.35. The first kappa shape index (κ1) is 22.1. The molecule has 182 valence electrons. The van der Waals surface area contributed by atoms with E-state index in [1.165, 1.54) is 22.3 Å². The first-order valence-electron chi connectivity index (χ1n) is 12.6. The lowest BCUT2D eigenvalue weighted by atomic mass is 9.98. The van der Waals surface area contributed by atoms with Gasteiger partial charge in [-0.2, -0.15) is 0 Å². The van der Waals surface area contributed by atoms with E-state index in [1.807, 2.05) is 24.3 Å². The van der Waals surface area contributed by atoms with Gasteiger partial charge in [0.2, 0.25) is 5.91 Å². The van der Waals surface area contributed by atoms with Crippen molar-refractivity contribution in [3.05, 3.63) is 59.7 Å². The highest BCUT2D eigenvalue weighted by molar-refractivity contribution is 5.82. The minimum absolute atomic E-state index is 0.0157. The number of aliphatic carboxylic acids is 1. The molecule has 0 bridgehead atoms. The molecule has 3 saturated carbocycles. The number of fused-ring (bicyclic) bond motifs is 4. The molecule has 0 spiro atoms. The van der Waals surface area contributed by atoms with Crippen molar-refractivity contribution < 1.29 is 24.2 Å². The molecule has 0 aliphatic heterocycles. The first-order valence-corrected chi connectivity index (χ1v) is 12.6. The van der Waals surface area contributed by atoms with Crippen LogP contribution in [0.25, 0.3) is 11.1 Å². The highest BCUT2D eigenvalue weighted by atomic mass is 16.5. The summed E-state index contributed by atoms with van der Waals surface area (Å²) in [5.74, 6) is -0.688. The van der Waals surface area contributed by atoms with Crippen LogP contribution >= 0.6 is 0 Å². The summed E-state index contributed by atoms with van der Waals surface area (Å²) in [6.45, 7) is 0.269. The van der Waals surface area contributed by atoms with Crippen LogP contribution in [0.4, 0.5) is 4.79 Å². The van der Waals surface area contributed by atoms with Gasteiger partial charge in [-0.25, -0.2) is 4.79 Å². The number of amides is 2. The smallest absolute Gasteiger partial charge is 0.407 e. The average Bonchev–Trinajstić information content (AvgIpc) is 3.17. The lowest BCUT2D eigenvalue weighted by Crippen LogP contribution is -2.39. The van der Waals surface area contributed by atoms with Crippen molar-refractivity contribution in [2.75, 3.05) is 6.61 Å².